The normalized spacial score (nSPS) is 11.0. The Kier molecular flexibility index (Phi) is 3.35. The Morgan fingerprint density at radius 1 is 1.20 bits per heavy atom. The molecule has 0 fully saturated rings. The molecule has 0 saturated heterocycles. The fourth-order valence-corrected chi connectivity index (χ4v) is 1.80. The molecule has 0 spiro atoms. The summed E-state index contributed by atoms with van der Waals surface area (Å²) in [6.45, 7) is 0.799. The Labute approximate surface area is 89.9 Å². The van der Waals surface area contributed by atoms with Gasteiger partial charge in [0.05, 0.1) is 0 Å². The Balaban J connectivity index is 2.02. The first kappa shape index (κ1) is 10.2. The third kappa shape index (κ3) is 2.36. The van der Waals surface area contributed by atoms with E-state index in [2.05, 4.69) is 15.6 Å². The van der Waals surface area contributed by atoms with Crippen molar-refractivity contribution in [2.45, 2.75) is 25.7 Å². The molecule has 0 amide bonds. The van der Waals surface area contributed by atoms with Crippen molar-refractivity contribution < 1.29 is 0 Å². The summed E-state index contributed by atoms with van der Waals surface area (Å²) in [5.74, 6) is 0. The Morgan fingerprint density at radius 2 is 2.13 bits per heavy atom. The van der Waals surface area contributed by atoms with Gasteiger partial charge in [-0.05, 0) is 37.9 Å². The molecule has 2 rings (SSSR count). The minimum atomic E-state index is 0.799. The average Bonchev–Trinajstić information content (AvgIpc) is 2.68. The molecule has 0 aliphatic rings. The number of aromatic nitrogens is 2. The number of imidazole rings is 1. The van der Waals surface area contributed by atoms with Crippen LogP contribution in [0.3, 0.4) is 0 Å². The monoisotopic (exact) mass is 203 g/mol. The van der Waals surface area contributed by atoms with E-state index in [1.165, 1.54) is 18.5 Å². The first-order chi connectivity index (χ1) is 7.42. The second-order valence-electron chi connectivity index (χ2n) is 3.78. The Hall–Kier alpha value is -1.35. The van der Waals surface area contributed by atoms with Gasteiger partial charge in [0.25, 0.3) is 0 Å². The van der Waals surface area contributed by atoms with E-state index in [-0.39, 0.29) is 0 Å². The van der Waals surface area contributed by atoms with Crippen LogP contribution in [0.5, 0.6) is 0 Å². The molecule has 0 aromatic carbocycles. The van der Waals surface area contributed by atoms with Crippen molar-refractivity contribution in [2.24, 2.45) is 5.73 Å². The van der Waals surface area contributed by atoms with Gasteiger partial charge >= 0.3 is 0 Å². The molecule has 0 unspecified atom stereocenters. The molecule has 2 N–H and O–H groups in total. The highest BCUT2D eigenvalue weighted by molar-refractivity contribution is 5.39. The number of unbranched alkanes of at least 4 members (excludes halogenated alkanes) is 2. The molecular weight excluding hydrogens is 186 g/mol. The molecule has 80 valence electrons. The molecule has 0 atom stereocenters. The van der Waals surface area contributed by atoms with Crippen LogP contribution in [-0.4, -0.2) is 15.9 Å². The predicted octanol–water partition coefficient (Wildman–Crippen LogP) is 2.01. The van der Waals surface area contributed by atoms with Crippen molar-refractivity contribution in [2.75, 3.05) is 6.54 Å². The van der Waals surface area contributed by atoms with Crippen LogP contribution < -0.4 is 5.73 Å². The van der Waals surface area contributed by atoms with Crippen LogP contribution in [0.15, 0.2) is 30.6 Å². The summed E-state index contributed by atoms with van der Waals surface area (Å²) in [5.41, 5.74) is 7.79. The minimum Gasteiger partial charge on any atom is -0.330 e. The number of hydrogen-bond acceptors (Lipinski definition) is 2. The lowest BCUT2D eigenvalue weighted by molar-refractivity contribution is 0.677. The summed E-state index contributed by atoms with van der Waals surface area (Å²) in [7, 11) is 0. The third-order valence-corrected chi connectivity index (χ3v) is 2.63. The molecule has 15 heavy (non-hydrogen) atoms. The highest BCUT2D eigenvalue weighted by Crippen LogP contribution is 2.09. The van der Waals surface area contributed by atoms with E-state index in [1.54, 1.807) is 0 Å². The average molecular weight is 203 g/mol. The van der Waals surface area contributed by atoms with Gasteiger partial charge in [0.2, 0.25) is 0 Å². The molecule has 2 heterocycles. The quantitative estimate of drug-likeness (QED) is 0.755. The number of pyridine rings is 1. The van der Waals surface area contributed by atoms with E-state index in [1.807, 2.05) is 24.4 Å². The summed E-state index contributed by atoms with van der Waals surface area (Å²) < 4.78 is 2.16. The minimum absolute atomic E-state index is 0.799. The fourth-order valence-electron chi connectivity index (χ4n) is 1.80. The fraction of sp³-hybridized carbons (Fsp3) is 0.417. The topological polar surface area (TPSA) is 43.3 Å². The summed E-state index contributed by atoms with van der Waals surface area (Å²) in [6, 6.07) is 6.09. The summed E-state index contributed by atoms with van der Waals surface area (Å²) in [4.78, 5) is 4.36. The van der Waals surface area contributed by atoms with Gasteiger partial charge < -0.3 is 10.1 Å². The maximum absolute atomic E-state index is 5.46. The van der Waals surface area contributed by atoms with Gasteiger partial charge in [-0.1, -0.05) is 12.5 Å². The summed E-state index contributed by atoms with van der Waals surface area (Å²) >= 11 is 0. The van der Waals surface area contributed by atoms with Gasteiger partial charge in [0.15, 0.2) is 0 Å². The van der Waals surface area contributed by atoms with Gasteiger partial charge in [-0.15, -0.1) is 0 Å². The van der Waals surface area contributed by atoms with Crippen molar-refractivity contribution in [3.63, 3.8) is 0 Å². The molecular formula is C12H17N3. The lowest BCUT2D eigenvalue weighted by Gasteiger charge is -2.00. The van der Waals surface area contributed by atoms with Crippen LogP contribution in [0, 0.1) is 0 Å². The largest absolute Gasteiger partial charge is 0.330 e. The maximum Gasteiger partial charge on any atom is 0.136 e. The smallest absolute Gasteiger partial charge is 0.136 e. The van der Waals surface area contributed by atoms with E-state index < -0.39 is 0 Å². The van der Waals surface area contributed by atoms with Gasteiger partial charge in [-0.2, -0.15) is 0 Å². The second kappa shape index (κ2) is 4.94. The number of nitrogens with two attached hydrogens (primary N) is 1. The molecule has 0 radical (unpaired) electrons. The van der Waals surface area contributed by atoms with Crippen molar-refractivity contribution in [3.05, 3.63) is 36.3 Å². The van der Waals surface area contributed by atoms with Crippen LogP contribution in [0.2, 0.25) is 0 Å². The maximum atomic E-state index is 5.46. The van der Waals surface area contributed by atoms with E-state index >= 15 is 0 Å². The standard InChI is InChI=1S/C12H17N3/c13-8-4-1-2-6-11-10-14-12-7-3-5-9-15(11)12/h3,5,7,9-10H,1-2,4,6,8,13H2. The van der Waals surface area contributed by atoms with Crippen molar-refractivity contribution >= 4 is 5.65 Å². The lowest BCUT2D eigenvalue weighted by Crippen LogP contribution is -1.99. The van der Waals surface area contributed by atoms with Gasteiger partial charge in [0, 0.05) is 18.1 Å². The van der Waals surface area contributed by atoms with Gasteiger partial charge in [-0.25, -0.2) is 4.98 Å². The number of nitrogens with zero attached hydrogens (tertiary/aromatic N) is 2. The Morgan fingerprint density at radius 3 is 3.00 bits per heavy atom. The van der Waals surface area contributed by atoms with Crippen LogP contribution in [0.1, 0.15) is 25.0 Å². The van der Waals surface area contributed by atoms with Crippen LogP contribution >= 0.6 is 0 Å². The number of rotatable bonds is 5. The third-order valence-electron chi connectivity index (χ3n) is 2.63. The van der Waals surface area contributed by atoms with Crippen molar-refractivity contribution in [1.82, 2.24) is 9.38 Å². The molecule has 3 heteroatoms. The zero-order valence-electron chi connectivity index (χ0n) is 8.89. The molecule has 0 saturated carbocycles. The SMILES string of the molecule is NCCCCCc1cnc2ccccn12. The zero-order valence-corrected chi connectivity index (χ0v) is 8.89. The first-order valence-corrected chi connectivity index (χ1v) is 5.53. The van der Waals surface area contributed by atoms with Gasteiger partial charge in [-0.3, -0.25) is 0 Å². The number of fused-ring (bicyclic) bond motifs is 1. The lowest BCUT2D eigenvalue weighted by atomic mass is 10.1. The summed E-state index contributed by atoms with van der Waals surface area (Å²) in [5, 5.41) is 0. The van der Waals surface area contributed by atoms with Crippen LogP contribution in [-0.2, 0) is 6.42 Å². The molecule has 0 aliphatic heterocycles. The zero-order chi connectivity index (χ0) is 10.5. The van der Waals surface area contributed by atoms with Crippen molar-refractivity contribution in [3.8, 4) is 0 Å². The van der Waals surface area contributed by atoms with E-state index in [0.29, 0.717) is 0 Å². The first-order valence-electron chi connectivity index (χ1n) is 5.53. The number of aryl methyl sites for hydroxylation is 1. The molecule has 0 aliphatic carbocycles. The highest BCUT2D eigenvalue weighted by atomic mass is 15.0. The highest BCUT2D eigenvalue weighted by Gasteiger charge is 2.01. The van der Waals surface area contributed by atoms with E-state index in [9.17, 15) is 0 Å². The molecule has 3 nitrogen and oxygen atoms in total. The van der Waals surface area contributed by atoms with E-state index in [0.717, 1.165) is 25.0 Å². The van der Waals surface area contributed by atoms with Crippen molar-refractivity contribution in [1.29, 1.82) is 0 Å². The number of hydrogen-bond donors (Lipinski definition) is 1. The van der Waals surface area contributed by atoms with Crippen LogP contribution in [0.25, 0.3) is 5.65 Å². The van der Waals surface area contributed by atoms with Gasteiger partial charge in [0.1, 0.15) is 5.65 Å². The second-order valence-corrected chi connectivity index (χ2v) is 3.78. The summed E-state index contributed by atoms with van der Waals surface area (Å²) in [6.07, 6.45) is 8.65. The Bertz CT molecular complexity index is 419. The molecule has 0 bridgehead atoms. The van der Waals surface area contributed by atoms with Crippen LogP contribution in [0.4, 0.5) is 0 Å². The predicted molar refractivity (Wildman–Crippen MR) is 61.8 cm³/mol. The molecule has 2 aromatic rings. The molecule has 2 aromatic heterocycles. The van der Waals surface area contributed by atoms with E-state index in [4.69, 9.17) is 5.73 Å².